The van der Waals surface area contributed by atoms with Gasteiger partial charge in [0.1, 0.15) is 0 Å². The normalized spacial score (nSPS) is 38.7. The Kier molecular flexibility index (Phi) is 2.44. The molecule has 2 rings (SSSR count). The Bertz CT molecular complexity index is 285. The first-order valence-electron chi connectivity index (χ1n) is 5.40. The van der Waals surface area contributed by atoms with E-state index in [0.29, 0.717) is 24.7 Å². The molecule has 2 saturated carbocycles. The van der Waals surface area contributed by atoms with Crippen LogP contribution in [0.2, 0.25) is 0 Å². The van der Waals surface area contributed by atoms with Gasteiger partial charge in [0.25, 0.3) is 0 Å². The van der Waals surface area contributed by atoms with Crippen molar-refractivity contribution in [3.8, 4) is 0 Å². The highest BCUT2D eigenvalue weighted by Gasteiger charge is 2.54. The summed E-state index contributed by atoms with van der Waals surface area (Å²) in [5.74, 6) is -0.768. The number of methoxy groups -OCH3 is 1. The van der Waals surface area contributed by atoms with Gasteiger partial charge in [0.15, 0.2) is 5.41 Å². The van der Waals surface area contributed by atoms with E-state index in [1.54, 1.807) is 0 Å². The molecular weight excluding hydrogens is 196 g/mol. The highest BCUT2D eigenvalue weighted by molar-refractivity contribution is 5.99. The van der Waals surface area contributed by atoms with Crippen LogP contribution in [0.25, 0.3) is 0 Å². The Morgan fingerprint density at radius 2 is 1.80 bits per heavy atom. The van der Waals surface area contributed by atoms with Gasteiger partial charge < -0.3 is 9.84 Å². The zero-order chi connectivity index (χ0) is 11.1. The van der Waals surface area contributed by atoms with E-state index in [1.807, 2.05) is 0 Å². The number of carboxylic acids is 1. The highest BCUT2D eigenvalue weighted by Crippen LogP contribution is 2.51. The molecule has 0 spiro atoms. The minimum Gasteiger partial charge on any atom is -0.480 e. The maximum Gasteiger partial charge on any atom is 0.323 e. The Balaban J connectivity index is 2.27. The van der Waals surface area contributed by atoms with Crippen LogP contribution >= 0.6 is 0 Å². The van der Waals surface area contributed by atoms with Crippen LogP contribution in [0.15, 0.2) is 0 Å². The Morgan fingerprint density at radius 1 is 1.27 bits per heavy atom. The summed E-state index contributed by atoms with van der Waals surface area (Å²) < 4.78 is 4.66. The standard InChI is InChI=1S/C11H16O4/c1-15-10(14)11(9(12)13)5-7-2-3-8(4-7)6-11/h7-8H,2-6H2,1H3,(H,12,13). The summed E-state index contributed by atoms with van der Waals surface area (Å²) in [7, 11) is 1.27. The Hall–Kier alpha value is -1.06. The molecule has 2 unspecified atom stereocenters. The SMILES string of the molecule is COC(=O)C1(C(=O)O)CC2CCC(C2)C1. The molecule has 2 bridgehead atoms. The van der Waals surface area contributed by atoms with Crippen molar-refractivity contribution in [3.05, 3.63) is 0 Å². The van der Waals surface area contributed by atoms with Gasteiger partial charge in [-0.3, -0.25) is 9.59 Å². The van der Waals surface area contributed by atoms with Gasteiger partial charge in [-0.15, -0.1) is 0 Å². The Labute approximate surface area is 88.6 Å². The van der Waals surface area contributed by atoms with E-state index in [4.69, 9.17) is 0 Å². The van der Waals surface area contributed by atoms with Crippen molar-refractivity contribution in [2.75, 3.05) is 7.11 Å². The number of aliphatic carboxylic acids is 1. The van der Waals surface area contributed by atoms with Crippen LogP contribution in [-0.2, 0) is 14.3 Å². The van der Waals surface area contributed by atoms with Crippen LogP contribution in [0.1, 0.15) is 32.1 Å². The summed E-state index contributed by atoms with van der Waals surface area (Å²) in [5, 5.41) is 9.25. The zero-order valence-corrected chi connectivity index (χ0v) is 8.86. The fourth-order valence-electron chi connectivity index (χ4n) is 3.24. The molecule has 4 heteroatoms. The molecule has 2 aliphatic carbocycles. The second-order valence-corrected chi connectivity index (χ2v) is 4.83. The molecule has 15 heavy (non-hydrogen) atoms. The van der Waals surface area contributed by atoms with Gasteiger partial charge >= 0.3 is 11.9 Å². The number of esters is 1. The Morgan fingerprint density at radius 3 is 2.20 bits per heavy atom. The molecule has 2 aliphatic rings. The summed E-state index contributed by atoms with van der Waals surface area (Å²) in [6, 6.07) is 0. The molecular formula is C11H16O4. The predicted molar refractivity (Wildman–Crippen MR) is 52.1 cm³/mol. The van der Waals surface area contributed by atoms with Crippen molar-refractivity contribution in [1.82, 2.24) is 0 Å². The van der Waals surface area contributed by atoms with E-state index in [0.717, 1.165) is 19.3 Å². The third-order valence-corrected chi connectivity index (χ3v) is 3.91. The second kappa shape index (κ2) is 3.51. The first-order valence-corrected chi connectivity index (χ1v) is 5.40. The van der Waals surface area contributed by atoms with Crippen molar-refractivity contribution >= 4 is 11.9 Å². The number of carboxylic acid groups (broad SMARTS) is 1. The lowest BCUT2D eigenvalue weighted by Gasteiger charge is -2.34. The number of rotatable bonds is 2. The predicted octanol–water partition coefficient (Wildman–Crippen LogP) is 1.44. The van der Waals surface area contributed by atoms with Crippen LogP contribution in [0.3, 0.4) is 0 Å². The van der Waals surface area contributed by atoms with Gasteiger partial charge in [-0.05, 0) is 31.1 Å². The molecule has 0 aliphatic heterocycles. The number of hydrogen-bond acceptors (Lipinski definition) is 3. The highest BCUT2D eigenvalue weighted by atomic mass is 16.5. The van der Waals surface area contributed by atoms with Gasteiger partial charge in [0.05, 0.1) is 7.11 Å². The minimum absolute atomic E-state index is 0.402. The van der Waals surface area contributed by atoms with E-state index in [9.17, 15) is 14.7 Å². The fourth-order valence-corrected chi connectivity index (χ4v) is 3.24. The second-order valence-electron chi connectivity index (χ2n) is 4.83. The van der Waals surface area contributed by atoms with Crippen LogP contribution in [0.5, 0.6) is 0 Å². The van der Waals surface area contributed by atoms with Gasteiger partial charge in [0.2, 0.25) is 0 Å². The molecule has 2 atom stereocenters. The first kappa shape index (κ1) is 10.5. The molecule has 1 N–H and O–H groups in total. The number of carbonyl (C=O) groups excluding carboxylic acids is 1. The van der Waals surface area contributed by atoms with Gasteiger partial charge in [-0.25, -0.2) is 0 Å². The quantitative estimate of drug-likeness (QED) is 0.555. The molecule has 2 fully saturated rings. The van der Waals surface area contributed by atoms with Gasteiger partial charge in [0, 0.05) is 0 Å². The van der Waals surface area contributed by atoms with E-state index in [2.05, 4.69) is 4.74 Å². The van der Waals surface area contributed by atoms with Crippen LogP contribution in [0, 0.1) is 17.3 Å². The fraction of sp³-hybridized carbons (Fsp3) is 0.818. The van der Waals surface area contributed by atoms with Crippen molar-refractivity contribution in [2.45, 2.75) is 32.1 Å². The zero-order valence-electron chi connectivity index (χ0n) is 8.86. The minimum atomic E-state index is -1.25. The van der Waals surface area contributed by atoms with E-state index in [-0.39, 0.29) is 0 Å². The molecule has 0 aromatic rings. The number of fused-ring (bicyclic) bond motifs is 2. The summed E-state index contributed by atoms with van der Waals surface area (Å²) >= 11 is 0. The van der Waals surface area contributed by atoms with Gasteiger partial charge in [-0.2, -0.15) is 0 Å². The third kappa shape index (κ3) is 1.52. The monoisotopic (exact) mass is 212 g/mol. The molecule has 0 amide bonds. The number of carbonyl (C=O) groups is 2. The molecule has 0 saturated heterocycles. The summed E-state index contributed by atoms with van der Waals surface area (Å²) in [5.41, 5.74) is -1.25. The van der Waals surface area contributed by atoms with Crippen LogP contribution in [0.4, 0.5) is 0 Å². The average molecular weight is 212 g/mol. The van der Waals surface area contributed by atoms with E-state index in [1.165, 1.54) is 7.11 Å². The third-order valence-electron chi connectivity index (χ3n) is 3.91. The lowest BCUT2D eigenvalue weighted by Crippen LogP contribution is -2.44. The molecule has 0 aromatic heterocycles. The topological polar surface area (TPSA) is 63.6 Å². The maximum absolute atomic E-state index is 11.6. The van der Waals surface area contributed by atoms with E-state index >= 15 is 0 Å². The lowest BCUT2D eigenvalue weighted by atomic mass is 9.69. The summed E-state index contributed by atoms with van der Waals surface area (Å²) in [6.45, 7) is 0. The van der Waals surface area contributed by atoms with Crippen molar-refractivity contribution in [1.29, 1.82) is 0 Å². The lowest BCUT2D eigenvalue weighted by molar-refractivity contribution is -0.171. The van der Waals surface area contributed by atoms with Crippen molar-refractivity contribution < 1.29 is 19.4 Å². The van der Waals surface area contributed by atoms with Crippen molar-refractivity contribution in [2.24, 2.45) is 17.3 Å². The van der Waals surface area contributed by atoms with Crippen LogP contribution in [-0.4, -0.2) is 24.2 Å². The number of ether oxygens (including phenoxy) is 1. The van der Waals surface area contributed by atoms with E-state index < -0.39 is 17.4 Å². The smallest absolute Gasteiger partial charge is 0.323 e. The average Bonchev–Trinajstić information content (AvgIpc) is 2.56. The molecule has 84 valence electrons. The van der Waals surface area contributed by atoms with Crippen molar-refractivity contribution in [3.63, 3.8) is 0 Å². The summed E-state index contributed by atoms with van der Waals surface area (Å²) in [6.07, 6.45) is 4.15. The maximum atomic E-state index is 11.6. The number of hydrogen-bond donors (Lipinski definition) is 1. The summed E-state index contributed by atoms with van der Waals surface area (Å²) in [4.78, 5) is 22.9. The van der Waals surface area contributed by atoms with Crippen LogP contribution < -0.4 is 0 Å². The first-order chi connectivity index (χ1) is 7.08. The molecule has 0 aromatic carbocycles. The molecule has 4 nitrogen and oxygen atoms in total. The van der Waals surface area contributed by atoms with Gasteiger partial charge in [-0.1, -0.05) is 12.8 Å². The molecule has 0 radical (unpaired) electrons. The molecule has 0 heterocycles. The largest absolute Gasteiger partial charge is 0.480 e.